The third kappa shape index (κ3) is 5.13. The molecule has 0 unspecified atom stereocenters. The molecule has 0 saturated carbocycles. The molecule has 9 rings (SSSR count). The molecule has 0 atom stereocenters. The molecular weight excluding hydrogens is 628 g/mol. The van der Waals surface area contributed by atoms with Gasteiger partial charge in [-0.05, 0) is 80.5 Å². The van der Waals surface area contributed by atoms with Crippen LogP contribution in [0.15, 0.2) is 164 Å². The maximum absolute atomic E-state index is 11.4. The average molecular weight is 657 g/mol. The Hall–Kier alpha value is -6.59. The lowest BCUT2D eigenvalue weighted by Crippen LogP contribution is -2.64. The van der Waals surface area contributed by atoms with E-state index < -0.39 is 5.97 Å². The smallest absolute Gasteiger partial charge is 0.335 e. The van der Waals surface area contributed by atoms with E-state index >= 15 is 0 Å². The van der Waals surface area contributed by atoms with Gasteiger partial charge >= 0.3 is 5.97 Å². The molecule has 240 valence electrons. The molecule has 0 radical (unpaired) electrons. The van der Waals surface area contributed by atoms with Crippen LogP contribution in [0.2, 0.25) is 0 Å². The Morgan fingerprint density at radius 1 is 0.510 bits per heavy atom. The predicted molar refractivity (Wildman–Crippen MR) is 208 cm³/mol. The summed E-state index contributed by atoms with van der Waals surface area (Å²) in [6.07, 6.45) is 0. The number of hydrogen-bond donors (Lipinski definition) is 1. The van der Waals surface area contributed by atoms with Crippen molar-refractivity contribution in [2.75, 3.05) is 4.90 Å². The van der Waals surface area contributed by atoms with Crippen LogP contribution in [0.4, 0.5) is 17.1 Å². The number of rotatable bonds is 7. The number of anilines is 3. The molecule has 0 spiro atoms. The third-order valence-electron chi connectivity index (χ3n) is 10.2. The molecule has 2 heterocycles. The fourth-order valence-corrected chi connectivity index (χ4v) is 7.92. The molecule has 7 heteroatoms. The second-order valence-electron chi connectivity index (χ2n) is 13.0. The molecule has 7 aromatic rings. The average Bonchev–Trinajstić information content (AvgIpc) is 3.18. The lowest BCUT2D eigenvalue weighted by atomic mass is 9.30. The van der Waals surface area contributed by atoms with Gasteiger partial charge in [0.05, 0.1) is 5.56 Å². The number of carboxylic acids is 1. The Balaban J connectivity index is 1.15. The van der Waals surface area contributed by atoms with Crippen molar-refractivity contribution in [3.63, 3.8) is 0 Å². The van der Waals surface area contributed by atoms with Crippen LogP contribution in [0.1, 0.15) is 10.4 Å². The summed E-state index contributed by atoms with van der Waals surface area (Å²) in [6.45, 7) is 0.500. The SMILES string of the molecule is O=COc1ccc(-c2ccc(B3c4ccccc4N4c5ccccc5B(c5ccc(-c6ccc(C(=O)O)cc6)cc5)c5cccc3c54)cc2)cc1. The number of hydrogen-bond acceptors (Lipinski definition) is 4. The van der Waals surface area contributed by atoms with Gasteiger partial charge in [0.15, 0.2) is 0 Å². The van der Waals surface area contributed by atoms with Gasteiger partial charge in [0.25, 0.3) is 6.47 Å². The van der Waals surface area contributed by atoms with E-state index in [1.807, 2.05) is 24.3 Å². The van der Waals surface area contributed by atoms with E-state index in [9.17, 15) is 14.7 Å². The lowest BCUT2D eigenvalue weighted by Gasteiger charge is -2.43. The number of carboxylic acid groups (broad SMARTS) is 1. The molecule has 5 nitrogen and oxygen atoms in total. The summed E-state index contributed by atoms with van der Waals surface area (Å²) in [6, 6.07) is 56.3. The predicted octanol–water partition coefficient (Wildman–Crippen LogP) is 5.38. The molecule has 0 bridgehead atoms. The van der Waals surface area contributed by atoms with Gasteiger partial charge in [-0.2, -0.15) is 0 Å². The summed E-state index contributed by atoms with van der Waals surface area (Å²) in [5.74, 6) is -0.407. The number of carbonyl (C=O) groups excluding carboxylic acids is 1. The van der Waals surface area contributed by atoms with Gasteiger partial charge in [0.2, 0.25) is 13.4 Å². The van der Waals surface area contributed by atoms with E-state index in [4.69, 9.17) is 4.74 Å². The number of benzene rings is 7. The first kappa shape index (κ1) is 30.5. The van der Waals surface area contributed by atoms with E-state index in [1.165, 1.54) is 49.8 Å². The van der Waals surface area contributed by atoms with Crippen LogP contribution < -0.4 is 42.4 Å². The highest BCUT2D eigenvalue weighted by atomic mass is 16.5. The standard InChI is InChI=1S/C44H29B2NO4/c48-28-51-36-26-20-32(21-27-36)31-18-24-35(25-19-31)46-38-7-2-4-11-42(38)47-41-10-3-1-6-37(41)45(39-8-5-9-40(46)43(39)47)34-22-16-30(17-23-34)29-12-14-33(15-13-29)44(49)50/h1-28H,(H,49,50). The van der Waals surface area contributed by atoms with Gasteiger partial charge in [0, 0.05) is 17.1 Å². The van der Waals surface area contributed by atoms with E-state index in [-0.39, 0.29) is 19.0 Å². The summed E-state index contributed by atoms with van der Waals surface area (Å²) >= 11 is 0. The molecule has 0 aliphatic carbocycles. The van der Waals surface area contributed by atoms with Crippen molar-refractivity contribution in [3.8, 4) is 28.0 Å². The number of ether oxygens (including phenoxy) is 1. The summed E-state index contributed by atoms with van der Waals surface area (Å²) in [7, 11) is 0. The van der Waals surface area contributed by atoms with Crippen LogP contribution in [0.25, 0.3) is 22.3 Å². The highest BCUT2D eigenvalue weighted by molar-refractivity contribution is 7.02. The number of nitrogens with zero attached hydrogens (tertiary/aromatic N) is 1. The fourth-order valence-electron chi connectivity index (χ4n) is 7.92. The van der Waals surface area contributed by atoms with Crippen LogP contribution in [-0.4, -0.2) is 31.0 Å². The van der Waals surface area contributed by atoms with Crippen molar-refractivity contribution in [2.24, 2.45) is 0 Å². The first-order valence-electron chi connectivity index (χ1n) is 16.9. The monoisotopic (exact) mass is 657 g/mol. The van der Waals surface area contributed by atoms with Gasteiger partial charge in [-0.25, -0.2) is 4.79 Å². The molecule has 2 aliphatic heterocycles. The van der Waals surface area contributed by atoms with Gasteiger partial charge in [-0.3, -0.25) is 4.79 Å². The van der Waals surface area contributed by atoms with Gasteiger partial charge in [-0.15, -0.1) is 0 Å². The first-order chi connectivity index (χ1) is 25.1. The lowest BCUT2D eigenvalue weighted by molar-refractivity contribution is -0.120. The van der Waals surface area contributed by atoms with Crippen molar-refractivity contribution in [1.29, 1.82) is 0 Å². The number of carbonyl (C=O) groups is 2. The topological polar surface area (TPSA) is 66.8 Å². The van der Waals surface area contributed by atoms with E-state index in [1.54, 1.807) is 24.3 Å². The Kier molecular flexibility index (Phi) is 7.40. The minimum atomic E-state index is -0.927. The summed E-state index contributed by atoms with van der Waals surface area (Å²) in [5, 5.41) is 9.34. The number of fused-ring (bicyclic) bond motifs is 4. The molecular formula is C44H29B2NO4. The number of aromatic carboxylic acids is 1. The molecule has 7 aromatic carbocycles. The van der Waals surface area contributed by atoms with Gasteiger partial charge in [-0.1, -0.05) is 138 Å². The summed E-state index contributed by atoms with van der Waals surface area (Å²) in [4.78, 5) is 24.6. The second kappa shape index (κ2) is 12.4. The molecule has 1 N–H and O–H groups in total. The van der Waals surface area contributed by atoms with Crippen molar-refractivity contribution < 1.29 is 19.4 Å². The minimum Gasteiger partial charge on any atom is -0.478 e. The van der Waals surface area contributed by atoms with Crippen LogP contribution in [-0.2, 0) is 4.79 Å². The van der Waals surface area contributed by atoms with E-state index in [0.717, 1.165) is 22.3 Å². The zero-order valence-electron chi connectivity index (χ0n) is 27.4. The highest BCUT2D eigenvalue weighted by Crippen LogP contribution is 2.37. The molecule has 0 fully saturated rings. The quantitative estimate of drug-likeness (QED) is 0.184. The third-order valence-corrected chi connectivity index (χ3v) is 10.2. The zero-order chi connectivity index (χ0) is 34.5. The zero-order valence-corrected chi connectivity index (χ0v) is 27.4. The minimum absolute atomic E-state index is 0.0234. The van der Waals surface area contributed by atoms with Gasteiger partial charge in [0.1, 0.15) is 5.75 Å². The molecule has 0 saturated heterocycles. The Bertz CT molecular complexity index is 2440. The molecule has 51 heavy (non-hydrogen) atoms. The molecule has 0 aromatic heterocycles. The van der Waals surface area contributed by atoms with Crippen LogP contribution in [0.5, 0.6) is 5.75 Å². The number of para-hydroxylation sites is 3. The normalized spacial score (nSPS) is 12.4. The van der Waals surface area contributed by atoms with Crippen LogP contribution >= 0.6 is 0 Å². The van der Waals surface area contributed by atoms with E-state index in [2.05, 4.69) is 120 Å². The van der Waals surface area contributed by atoms with Crippen molar-refractivity contribution in [1.82, 2.24) is 0 Å². The Morgan fingerprint density at radius 2 is 0.922 bits per heavy atom. The maximum Gasteiger partial charge on any atom is 0.335 e. The highest BCUT2D eigenvalue weighted by Gasteiger charge is 2.42. The van der Waals surface area contributed by atoms with Gasteiger partial charge < -0.3 is 14.7 Å². The van der Waals surface area contributed by atoms with Crippen LogP contribution in [0.3, 0.4) is 0 Å². The molecule has 0 amide bonds. The fraction of sp³-hybridized carbons (Fsp3) is 0. The summed E-state index contributed by atoms with van der Waals surface area (Å²) < 4.78 is 4.98. The first-order valence-corrected chi connectivity index (χ1v) is 16.9. The maximum atomic E-state index is 11.4. The van der Waals surface area contributed by atoms with Crippen molar-refractivity contribution in [3.05, 3.63) is 169 Å². The van der Waals surface area contributed by atoms with Crippen LogP contribution in [0, 0.1) is 0 Å². The van der Waals surface area contributed by atoms with Crippen molar-refractivity contribution in [2.45, 2.75) is 0 Å². The van der Waals surface area contributed by atoms with Crippen molar-refractivity contribution >= 4 is 75.7 Å². The summed E-state index contributed by atoms with van der Waals surface area (Å²) in [5.41, 5.74) is 15.5. The second-order valence-corrected chi connectivity index (χ2v) is 13.0. The Labute approximate surface area is 296 Å². The Morgan fingerprint density at radius 3 is 1.37 bits per heavy atom. The van der Waals surface area contributed by atoms with E-state index in [0.29, 0.717) is 12.2 Å². The molecule has 2 aliphatic rings. The largest absolute Gasteiger partial charge is 0.478 e.